The lowest BCUT2D eigenvalue weighted by molar-refractivity contribution is -0.125. The van der Waals surface area contributed by atoms with Gasteiger partial charge in [0.25, 0.3) is 0 Å². The molecule has 2 amide bonds. The molecule has 1 aliphatic carbocycles. The summed E-state index contributed by atoms with van der Waals surface area (Å²) in [5.41, 5.74) is 0.841. The van der Waals surface area contributed by atoms with Crippen LogP contribution >= 0.6 is 46.4 Å². The van der Waals surface area contributed by atoms with Crippen LogP contribution in [0.5, 0.6) is 0 Å². The van der Waals surface area contributed by atoms with E-state index < -0.39 is 0 Å². The van der Waals surface area contributed by atoms with Crippen LogP contribution in [0, 0.1) is 11.8 Å². The number of benzene rings is 2. The van der Waals surface area contributed by atoms with Crippen molar-refractivity contribution in [3.8, 4) is 0 Å². The van der Waals surface area contributed by atoms with Crippen LogP contribution in [0.1, 0.15) is 25.7 Å². The molecule has 0 saturated heterocycles. The predicted molar refractivity (Wildman–Crippen MR) is 116 cm³/mol. The molecule has 0 heterocycles. The van der Waals surface area contributed by atoms with E-state index >= 15 is 0 Å². The number of nitrogens with one attached hydrogen (secondary N) is 2. The largest absolute Gasteiger partial charge is 0.323 e. The van der Waals surface area contributed by atoms with Gasteiger partial charge in [0.2, 0.25) is 11.8 Å². The summed E-state index contributed by atoms with van der Waals surface area (Å²) in [5, 5.41) is 7.19. The molecule has 1 fully saturated rings. The molecule has 1 aliphatic rings. The minimum Gasteiger partial charge on any atom is -0.323 e. The van der Waals surface area contributed by atoms with E-state index in [1.54, 1.807) is 36.4 Å². The Bertz CT molecular complexity index is 782. The average molecular weight is 460 g/mol. The third-order valence-corrected chi connectivity index (χ3v) is 6.15. The minimum atomic E-state index is -0.194. The van der Waals surface area contributed by atoms with Crippen LogP contribution in [0.25, 0.3) is 0 Å². The number of halogens is 4. The zero-order chi connectivity index (χ0) is 20.3. The molecule has 0 radical (unpaired) electrons. The van der Waals surface area contributed by atoms with Crippen LogP contribution in [0.15, 0.2) is 36.4 Å². The predicted octanol–water partition coefficient (Wildman–Crippen LogP) is 6.68. The number of hydrogen-bond donors (Lipinski definition) is 2. The quantitative estimate of drug-likeness (QED) is 0.535. The summed E-state index contributed by atoms with van der Waals surface area (Å²) >= 11 is 24.4. The SMILES string of the molecule is O=C(Nc1c(Cl)cccc1Cl)C1CCC(C(=O)Nc2c(Cl)cccc2Cl)CC1. The number of rotatable bonds is 4. The van der Waals surface area contributed by atoms with Crippen LogP contribution in [-0.2, 0) is 9.59 Å². The van der Waals surface area contributed by atoms with Gasteiger partial charge in [0, 0.05) is 11.8 Å². The standard InChI is InChI=1S/C20H18Cl4N2O2/c21-13-3-1-4-14(22)17(13)25-19(27)11-7-9-12(10-8-11)20(28)26-18-15(23)5-2-6-16(18)24/h1-6,11-12H,7-10H2,(H,25,27)(H,26,28). The van der Waals surface area contributed by atoms with Crippen LogP contribution in [0.4, 0.5) is 11.4 Å². The van der Waals surface area contributed by atoms with Gasteiger partial charge in [-0.1, -0.05) is 58.5 Å². The molecule has 148 valence electrons. The maximum Gasteiger partial charge on any atom is 0.227 e. The fraction of sp³-hybridized carbons (Fsp3) is 0.300. The molecule has 4 nitrogen and oxygen atoms in total. The van der Waals surface area contributed by atoms with E-state index in [1.165, 1.54) is 0 Å². The molecule has 0 unspecified atom stereocenters. The topological polar surface area (TPSA) is 58.2 Å². The molecule has 2 N–H and O–H groups in total. The van der Waals surface area contributed by atoms with Crippen molar-refractivity contribution in [3.05, 3.63) is 56.5 Å². The normalized spacial score (nSPS) is 19.1. The monoisotopic (exact) mass is 458 g/mol. The lowest BCUT2D eigenvalue weighted by atomic mass is 9.81. The fourth-order valence-electron chi connectivity index (χ4n) is 3.30. The Morgan fingerprint density at radius 2 is 0.929 bits per heavy atom. The van der Waals surface area contributed by atoms with Crippen molar-refractivity contribution in [1.82, 2.24) is 0 Å². The van der Waals surface area contributed by atoms with E-state index in [9.17, 15) is 9.59 Å². The number of anilines is 2. The van der Waals surface area contributed by atoms with Crippen molar-refractivity contribution >= 4 is 69.6 Å². The molecule has 1 saturated carbocycles. The Labute approximate surface area is 183 Å². The molecule has 0 atom stereocenters. The summed E-state index contributed by atoms with van der Waals surface area (Å²) in [5.74, 6) is -0.661. The molecular formula is C20H18Cl4N2O2. The summed E-state index contributed by atoms with van der Waals surface area (Å²) < 4.78 is 0. The van der Waals surface area contributed by atoms with Gasteiger partial charge in [-0.3, -0.25) is 9.59 Å². The molecule has 0 spiro atoms. The third kappa shape index (κ3) is 4.93. The fourth-order valence-corrected chi connectivity index (χ4v) is 4.29. The Morgan fingerprint density at radius 3 is 1.21 bits per heavy atom. The van der Waals surface area contributed by atoms with Crippen molar-refractivity contribution in [2.45, 2.75) is 25.7 Å². The van der Waals surface area contributed by atoms with Crippen LogP contribution in [0.3, 0.4) is 0 Å². The number of carbonyl (C=O) groups is 2. The van der Waals surface area contributed by atoms with Gasteiger partial charge in [0.1, 0.15) is 0 Å². The average Bonchev–Trinajstić information content (AvgIpc) is 2.67. The molecule has 0 aliphatic heterocycles. The molecule has 2 aromatic carbocycles. The van der Waals surface area contributed by atoms with Gasteiger partial charge in [0.05, 0.1) is 31.5 Å². The number of amides is 2. The molecule has 8 heteroatoms. The van der Waals surface area contributed by atoms with Crippen molar-refractivity contribution in [2.24, 2.45) is 11.8 Å². The molecule has 0 aromatic heterocycles. The van der Waals surface area contributed by atoms with Crippen LogP contribution in [0.2, 0.25) is 20.1 Å². The Morgan fingerprint density at radius 1 is 0.643 bits per heavy atom. The van der Waals surface area contributed by atoms with E-state index in [4.69, 9.17) is 46.4 Å². The van der Waals surface area contributed by atoms with Gasteiger partial charge in [-0.2, -0.15) is 0 Å². The van der Waals surface area contributed by atoms with E-state index in [0.717, 1.165) is 0 Å². The highest BCUT2D eigenvalue weighted by atomic mass is 35.5. The third-order valence-electron chi connectivity index (χ3n) is 4.89. The Balaban J connectivity index is 1.57. The zero-order valence-electron chi connectivity index (χ0n) is 14.8. The van der Waals surface area contributed by atoms with E-state index in [1.807, 2.05) is 0 Å². The summed E-state index contributed by atoms with van der Waals surface area (Å²) in [4.78, 5) is 25.1. The minimum absolute atomic E-state index is 0.136. The van der Waals surface area contributed by atoms with Gasteiger partial charge >= 0.3 is 0 Å². The van der Waals surface area contributed by atoms with Gasteiger partial charge in [-0.25, -0.2) is 0 Å². The number of carbonyl (C=O) groups excluding carboxylic acids is 2. The lowest BCUT2D eigenvalue weighted by Gasteiger charge is -2.27. The first-order valence-electron chi connectivity index (χ1n) is 8.86. The highest BCUT2D eigenvalue weighted by Gasteiger charge is 2.31. The van der Waals surface area contributed by atoms with Gasteiger partial charge in [-0.15, -0.1) is 0 Å². The maximum atomic E-state index is 12.6. The number of hydrogen-bond acceptors (Lipinski definition) is 2. The summed E-state index contributed by atoms with van der Waals surface area (Å²) in [6.07, 6.45) is 2.40. The molecule has 2 aromatic rings. The van der Waals surface area contributed by atoms with Gasteiger partial charge in [-0.05, 0) is 49.9 Å². The first-order valence-corrected chi connectivity index (χ1v) is 10.4. The highest BCUT2D eigenvalue weighted by molar-refractivity contribution is 6.40. The second-order valence-electron chi connectivity index (χ2n) is 6.72. The van der Waals surface area contributed by atoms with Gasteiger partial charge < -0.3 is 10.6 Å². The van der Waals surface area contributed by atoms with Crippen LogP contribution in [-0.4, -0.2) is 11.8 Å². The van der Waals surface area contributed by atoms with Crippen molar-refractivity contribution in [3.63, 3.8) is 0 Å². The van der Waals surface area contributed by atoms with E-state index in [-0.39, 0.29) is 23.7 Å². The smallest absolute Gasteiger partial charge is 0.227 e. The lowest BCUT2D eigenvalue weighted by Crippen LogP contribution is -2.32. The van der Waals surface area contributed by atoms with Crippen molar-refractivity contribution in [2.75, 3.05) is 10.6 Å². The van der Waals surface area contributed by atoms with Gasteiger partial charge in [0.15, 0.2) is 0 Å². The molecule has 28 heavy (non-hydrogen) atoms. The first-order chi connectivity index (χ1) is 13.4. The maximum absolute atomic E-state index is 12.6. The summed E-state index contributed by atoms with van der Waals surface area (Å²) in [6, 6.07) is 10.1. The van der Waals surface area contributed by atoms with Crippen molar-refractivity contribution in [1.29, 1.82) is 0 Å². The van der Waals surface area contributed by atoms with Crippen LogP contribution < -0.4 is 10.6 Å². The van der Waals surface area contributed by atoms with E-state index in [0.29, 0.717) is 57.1 Å². The summed E-state index contributed by atoms with van der Waals surface area (Å²) in [6.45, 7) is 0. The molecular weight excluding hydrogens is 442 g/mol. The molecule has 3 rings (SSSR count). The highest BCUT2D eigenvalue weighted by Crippen LogP contribution is 2.35. The zero-order valence-corrected chi connectivity index (χ0v) is 17.8. The first kappa shape index (κ1) is 21.3. The summed E-state index contributed by atoms with van der Waals surface area (Å²) in [7, 11) is 0. The molecule has 0 bridgehead atoms. The second-order valence-corrected chi connectivity index (χ2v) is 8.35. The second kappa shape index (κ2) is 9.36. The Hall–Kier alpha value is -1.46. The van der Waals surface area contributed by atoms with E-state index in [2.05, 4.69) is 10.6 Å². The Kier molecular flexibility index (Phi) is 7.10. The number of para-hydroxylation sites is 2. The van der Waals surface area contributed by atoms with Crippen molar-refractivity contribution < 1.29 is 9.59 Å².